The Bertz CT molecular complexity index is 1190. The van der Waals surface area contributed by atoms with Crippen molar-refractivity contribution in [2.75, 3.05) is 24.7 Å². The Labute approximate surface area is 222 Å². The zero-order valence-corrected chi connectivity index (χ0v) is 23.0. The lowest BCUT2D eigenvalue weighted by atomic mass is 9.75. The number of carbonyl (C=O) groups is 3. The average molecular weight is 525 g/mol. The summed E-state index contributed by atoms with van der Waals surface area (Å²) in [6.45, 7) is 10.3. The van der Waals surface area contributed by atoms with E-state index >= 15 is 0 Å². The summed E-state index contributed by atoms with van der Waals surface area (Å²) < 4.78 is 3.86. The van der Waals surface area contributed by atoms with E-state index in [1.807, 2.05) is 77.1 Å². The number of rotatable bonds is 5. The summed E-state index contributed by atoms with van der Waals surface area (Å²) in [6.07, 6.45) is 8.33. The Balaban J connectivity index is 1.69. The van der Waals surface area contributed by atoms with E-state index in [2.05, 4.69) is 0 Å². The topological polar surface area (TPSA) is 87.2 Å². The molecule has 1 N–H and O–H groups in total. The number of amides is 2. The third kappa shape index (κ3) is 3.95. The molecule has 0 radical (unpaired) electrons. The highest BCUT2D eigenvalue weighted by Crippen LogP contribution is 2.65. The molecule has 8 heteroatoms. The first-order valence-electron chi connectivity index (χ1n) is 13.1. The van der Waals surface area contributed by atoms with Crippen LogP contribution in [0.1, 0.15) is 38.3 Å². The van der Waals surface area contributed by atoms with Crippen LogP contribution in [0.15, 0.2) is 42.5 Å². The summed E-state index contributed by atoms with van der Waals surface area (Å²) in [5, 5.41) is 10.5. The van der Waals surface area contributed by atoms with Crippen LogP contribution in [0.3, 0.4) is 0 Å². The number of ether oxygens (including phenoxy) is 1. The van der Waals surface area contributed by atoms with Gasteiger partial charge in [0.15, 0.2) is 0 Å². The van der Waals surface area contributed by atoms with Crippen molar-refractivity contribution in [2.24, 2.45) is 17.8 Å². The second-order valence-corrected chi connectivity index (χ2v) is 13.2. The normalized spacial score (nSPS) is 33.7. The molecule has 0 bridgehead atoms. The van der Waals surface area contributed by atoms with E-state index in [4.69, 9.17) is 4.74 Å². The zero-order valence-electron chi connectivity index (χ0n) is 22.1. The smallest absolute Gasteiger partial charge is 0.311 e. The number of aryl methyl sites for hydroxylation is 2. The monoisotopic (exact) mass is 524 g/mol. The molecule has 2 fully saturated rings. The van der Waals surface area contributed by atoms with Crippen LogP contribution >= 0.6 is 11.8 Å². The third-order valence-corrected chi connectivity index (χ3v) is 10.1. The van der Waals surface area contributed by atoms with E-state index in [1.165, 1.54) is 11.8 Å². The fourth-order valence-electron chi connectivity index (χ4n) is 6.73. The highest BCUT2D eigenvalue weighted by atomic mass is 32.2. The van der Waals surface area contributed by atoms with Gasteiger partial charge >= 0.3 is 5.97 Å². The van der Waals surface area contributed by atoms with Gasteiger partial charge in [0.25, 0.3) is 5.91 Å². The summed E-state index contributed by atoms with van der Waals surface area (Å²) in [7, 11) is 0. The number of benzene rings is 1. The molecule has 4 aliphatic rings. The minimum Gasteiger partial charge on any atom is -0.461 e. The van der Waals surface area contributed by atoms with Crippen molar-refractivity contribution in [3.63, 3.8) is 0 Å². The van der Waals surface area contributed by atoms with Gasteiger partial charge in [0, 0.05) is 17.0 Å². The van der Waals surface area contributed by atoms with Gasteiger partial charge in [0.05, 0.1) is 29.2 Å². The van der Waals surface area contributed by atoms with Crippen molar-refractivity contribution in [1.29, 1.82) is 0 Å². The molecule has 0 aromatic heterocycles. The molecule has 4 heterocycles. The molecule has 7 nitrogen and oxygen atoms in total. The molecule has 1 aromatic rings. The number of anilines is 1. The van der Waals surface area contributed by atoms with Crippen molar-refractivity contribution < 1.29 is 24.2 Å². The molecule has 198 valence electrons. The number of thioether (sulfide) groups is 1. The largest absolute Gasteiger partial charge is 0.461 e. The molecule has 37 heavy (non-hydrogen) atoms. The van der Waals surface area contributed by atoms with Gasteiger partial charge in [-0.3, -0.25) is 14.4 Å². The number of cyclic esters (lactones) is 1. The lowest BCUT2D eigenvalue weighted by molar-refractivity contribution is -0.153. The summed E-state index contributed by atoms with van der Waals surface area (Å²) in [5.41, 5.74) is 2.83. The minimum absolute atomic E-state index is 0.175. The van der Waals surface area contributed by atoms with Crippen LogP contribution in [0, 0.1) is 31.6 Å². The van der Waals surface area contributed by atoms with Gasteiger partial charge in [-0.2, -0.15) is 0 Å². The number of nitrogens with zero attached hydrogens (tertiary/aromatic N) is 2. The molecule has 2 amide bonds. The SMILES string of the molecule is Cc1ccc(C)c(N2CC=C[C@]34S[C@@]5(C)C=CCOC(=O)[C@H]5[C@H]3C(=O)N([C@@H](CO)CC(C)C)C4C2=O)c1. The number of hydrogen-bond acceptors (Lipinski definition) is 6. The molecule has 0 aliphatic carbocycles. The van der Waals surface area contributed by atoms with Gasteiger partial charge in [-0.15, -0.1) is 11.8 Å². The fraction of sp³-hybridized carbons (Fsp3) is 0.552. The van der Waals surface area contributed by atoms with Crippen molar-refractivity contribution in [2.45, 2.75) is 62.6 Å². The second-order valence-electron chi connectivity index (χ2n) is 11.4. The van der Waals surface area contributed by atoms with Gasteiger partial charge in [-0.25, -0.2) is 0 Å². The zero-order chi connectivity index (χ0) is 26.7. The van der Waals surface area contributed by atoms with E-state index in [0.29, 0.717) is 13.0 Å². The number of fused-ring (bicyclic) bond motifs is 2. The maximum atomic E-state index is 14.6. The summed E-state index contributed by atoms with van der Waals surface area (Å²) in [6, 6.07) is 4.64. The summed E-state index contributed by atoms with van der Waals surface area (Å²) >= 11 is 1.53. The number of hydrogen-bond donors (Lipinski definition) is 1. The van der Waals surface area contributed by atoms with E-state index in [1.54, 1.807) is 9.80 Å². The highest BCUT2D eigenvalue weighted by molar-refractivity contribution is 8.02. The number of likely N-dealkylation sites (tertiary alicyclic amines) is 1. The van der Waals surface area contributed by atoms with Gasteiger partial charge in [0.1, 0.15) is 12.6 Å². The number of aliphatic hydroxyl groups excluding tert-OH is 1. The van der Waals surface area contributed by atoms with Crippen LogP contribution in [-0.4, -0.2) is 69.1 Å². The number of carbonyl (C=O) groups excluding carboxylic acids is 3. The number of esters is 1. The highest BCUT2D eigenvalue weighted by Gasteiger charge is 2.74. The quantitative estimate of drug-likeness (QED) is 0.469. The minimum atomic E-state index is -0.953. The summed E-state index contributed by atoms with van der Waals surface area (Å²) in [4.78, 5) is 45.7. The molecule has 6 atom stereocenters. The average Bonchev–Trinajstić information content (AvgIpc) is 3.10. The predicted octanol–water partition coefficient (Wildman–Crippen LogP) is 3.41. The van der Waals surface area contributed by atoms with Crippen LogP contribution in [-0.2, 0) is 19.1 Å². The molecule has 0 saturated carbocycles. The predicted molar refractivity (Wildman–Crippen MR) is 144 cm³/mol. The first-order chi connectivity index (χ1) is 17.5. The molecule has 1 spiro atoms. The maximum absolute atomic E-state index is 14.6. The summed E-state index contributed by atoms with van der Waals surface area (Å²) in [5.74, 6) is -2.11. The molecule has 1 aromatic carbocycles. The van der Waals surface area contributed by atoms with Crippen LogP contribution in [0.5, 0.6) is 0 Å². The molecular formula is C29H36N2O5S. The number of aliphatic hydroxyl groups is 1. The van der Waals surface area contributed by atoms with Crippen molar-refractivity contribution >= 4 is 35.2 Å². The standard InChI is InChI=1S/C29H36N2O5S/c1-17(2)14-20(16-32)31-24-26(34)30(21-15-18(3)8-9-19(21)4)12-6-11-29(24)22(25(31)33)23-27(35)36-13-7-10-28(23,5)37-29/h6-11,15,17,20,22-24,32H,12-14,16H2,1-5H3/t20-,22+,23-,24?,28+,29+/m1/s1. The molecule has 1 unspecified atom stereocenters. The lowest BCUT2D eigenvalue weighted by Gasteiger charge is -2.40. The molecule has 5 rings (SSSR count). The molecule has 4 aliphatic heterocycles. The van der Waals surface area contributed by atoms with Crippen molar-refractivity contribution in [1.82, 2.24) is 4.90 Å². The van der Waals surface area contributed by atoms with E-state index in [9.17, 15) is 19.5 Å². The first-order valence-corrected chi connectivity index (χ1v) is 13.9. The van der Waals surface area contributed by atoms with Gasteiger partial charge in [0.2, 0.25) is 5.91 Å². The van der Waals surface area contributed by atoms with Gasteiger partial charge in [-0.1, -0.05) is 44.2 Å². The van der Waals surface area contributed by atoms with Crippen molar-refractivity contribution in [3.05, 3.63) is 53.6 Å². The van der Waals surface area contributed by atoms with Crippen LogP contribution in [0.4, 0.5) is 5.69 Å². The molecule has 2 saturated heterocycles. The van der Waals surface area contributed by atoms with Crippen molar-refractivity contribution in [3.8, 4) is 0 Å². The maximum Gasteiger partial charge on any atom is 0.311 e. The first kappa shape index (κ1) is 26.0. The Kier molecular flexibility index (Phi) is 6.55. The van der Waals surface area contributed by atoms with Crippen LogP contribution in [0.2, 0.25) is 0 Å². The Morgan fingerprint density at radius 3 is 2.57 bits per heavy atom. The van der Waals surface area contributed by atoms with Crippen LogP contribution in [0.25, 0.3) is 0 Å². The van der Waals surface area contributed by atoms with E-state index in [0.717, 1.165) is 16.8 Å². The fourth-order valence-corrected chi connectivity index (χ4v) is 8.87. The van der Waals surface area contributed by atoms with Gasteiger partial charge in [-0.05, 0) is 56.4 Å². The van der Waals surface area contributed by atoms with E-state index in [-0.39, 0.29) is 30.9 Å². The van der Waals surface area contributed by atoms with Crippen LogP contribution < -0.4 is 4.90 Å². The second kappa shape index (κ2) is 9.31. The lowest BCUT2D eigenvalue weighted by Crippen LogP contribution is -2.57. The Morgan fingerprint density at radius 1 is 1.11 bits per heavy atom. The van der Waals surface area contributed by atoms with Gasteiger partial charge < -0.3 is 19.6 Å². The third-order valence-electron chi connectivity index (χ3n) is 8.25. The van der Waals surface area contributed by atoms with E-state index < -0.39 is 39.4 Å². The Morgan fingerprint density at radius 2 is 1.86 bits per heavy atom. The molecular weight excluding hydrogens is 488 g/mol. The Hall–Kier alpha value is -2.58.